The van der Waals surface area contributed by atoms with Crippen LogP contribution in [0.15, 0.2) is 42.5 Å². The van der Waals surface area contributed by atoms with E-state index in [9.17, 15) is 22.4 Å². The summed E-state index contributed by atoms with van der Waals surface area (Å²) < 4.78 is 40.7. The lowest BCUT2D eigenvalue weighted by Crippen LogP contribution is -2.48. The molecule has 35 heavy (non-hydrogen) atoms. The number of halogens is 1. The highest BCUT2D eigenvalue weighted by atomic mass is 32.2. The maximum atomic E-state index is 14.3. The van der Waals surface area contributed by atoms with Gasteiger partial charge in [0.2, 0.25) is 21.8 Å². The summed E-state index contributed by atoms with van der Waals surface area (Å²) in [6.45, 7) is 7.84. The Morgan fingerprint density at radius 1 is 1.09 bits per heavy atom. The third-order valence-electron chi connectivity index (χ3n) is 6.01. The fourth-order valence-corrected chi connectivity index (χ4v) is 4.79. The number of aryl methyl sites for hydroxylation is 1. The Kier molecular flexibility index (Phi) is 10.2. The van der Waals surface area contributed by atoms with Gasteiger partial charge in [0.1, 0.15) is 11.9 Å². The van der Waals surface area contributed by atoms with Crippen LogP contribution in [0.4, 0.5) is 10.1 Å². The second kappa shape index (κ2) is 12.7. The molecule has 1 N–H and O–H groups in total. The standard InChI is InChI=1S/C26H36FN3O4S/c1-6-16-28-26(32)21(4)29(18-22-12-7-8-13-23(22)27)25(31)15-10-17-30(35(5,33)34)24-14-9-11-19(2)20(24)3/h7-9,11-14,21H,6,10,15-18H2,1-5H3,(H,28,32). The minimum atomic E-state index is -3.57. The molecule has 0 heterocycles. The molecule has 0 radical (unpaired) electrons. The molecule has 7 nitrogen and oxygen atoms in total. The topological polar surface area (TPSA) is 86.8 Å². The molecule has 0 aliphatic rings. The molecular formula is C26H36FN3O4S. The number of hydrogen-bond acceptors (Lipinski definition) is 4. The van der Waals surface area contributed by atoms with E-state index in [1.807, 2.05) is 26.8 Å². The van der Waals surface area contributed by atoms with Crippen molar-refractivity contribution in [1.82, 2.24) is 10.2 Å². The molecule has 0 spiro atoms. The smallest absolute Gasteiger partial charge is 0.242 e. The van der Waals surface area contributed by atoms with Crippen LogP contribution in [0.3, 0.4) is 0 Å². The van der Waals surface area contributed by atoms with Crippen molar-refractivity contribution in [3.05, 3.63) is 65.0 Å². The van der Waals surface area contributed by atoms with E-state index in [-0.39, 0.29) is 37.7 Å². The maximum Gasteiger partial charge on any atom is 0.242 e. The van der Waals surface area contributed by atoms with Crippen LogP contribution in [0, 0.1) is 19.7 Å². The summed E-state index contributed by atoms with van der Waals surface area (Å²) in [6.07, 6.45) is 2.15. The quantitative estimate of drug-likeness (QED) is 0.474. The highest BCUT2D eigenvalue weighted by Gasteiger charge is 2.27. The van der Waals surface area contributed by atoms with Gasteiger partial charge in [-0.1, -0.05) is 37.3 Å². The van der Waals surface area contributed by atoms with Crippen molar-refractivity contribution in [2.24, 2.45) is 0 Å². The lowest BCUT2D eigenvalue weighted by Gasteiger charge is -2.30. The molecule has 0 aliphatic carbocycles. The zero-order chi connectivity index (χ0) is 26.2. The molecule has 1 atom stereocenters. The first-order valence-corrected chi connectivity index (χ1v) is 13.7. The van der Waals surface area contributed by atoms with Gasteiger partial charge in [-0.2, -0.15) is 0 Å². The number of anilines is 1. The molecule has 9 heteroatoms. The van der Waals surface area contributed by atoms with E-state index in [4.69, 9.17) is 0 Å². The van der Waals surface area contributed by atoms with Crippen molar-refractivity contribution in [2.45, 2.75) is 59.5 Å². The summed E-state index contributed by atoms with van der Waals surface area (Å²) in [5.74, 6) is -1.11. The van der Waals surface area contributed by atoms with Gasteiger partial charge in [-0.25, -0.2) is 12.8 Å². The Bertz CT molecular complexity index is 1140. The Hall–Kier alpha value is -2.94. The number of nitrogens with zero attached hydrogens (tertiary/aromatic N) is 2. The third-order valence-corrected chi connectivity index (χ3v) is 7.19. The van der Waals surface area contributed by atoms with E-state index in [1.165, 1.54) is 15.3 Å². The minimum Gasteiger partial charge on any atom is -0.354 e. The Labute approximate surface area is 208 Å². The van der Waals surface area contributed by atoms with Gasteiger partial charge < -0.3 is 10.2 Å². The molecule has 2 aromatic rings. The Morgan fingerprint density at radius 2 is 1.77 bits per heavy atom. The number of nitrogens with one attached hydrogen (secondary N) is 1. The van der Waals surface area contributed by atoms with E-state index < -0.39 is 21.9 Å². The van der Waals surface area contributed by atoms with Crippen molar-refractivity contribution in [2.75, 3.05) is 23.7 Å². The van der Waals surface area contributed by atoms with Crippen LogP contribution in [0.5, 0.6) is 0 Å². The molecule has 0 bridgehead atoms. The SMILES string of the molecule is CCCNC(=O)C(C)N(Cc1ccccc1F)C(=O)CCCN(c1cccc(C)c1C)S(C)(=O)=O. The average molecular weight is 506 g/mol. The molecule has 192 valence electrons. The summed E-state index contributed by atoms with van der Waals surface area (Å²) in [6, 6.07) is 10.8. The number of sulfonamides is 1. The van der Waals surface area contributed by atoms with Crippen LogP contribution in [0.1, 0.15) is 49.8 Å². The molecule has 2 rings (SSSR count). The lowest BCUT2D eigenvalue weighted by atomic mass is 10.1. The van der Waals surface area contributed by atoms with E-state index in [1.54, 1.807) is 37.3 Å². The second-order valence-corrected chi connectivity index (χ2v) is 10.6. The van der Waals surface area contributed by atoms with Crippen molar-refractivity contribution in [3.8, 4) is 0 Å². The molecule has 0 fully saturated rings. The molecular weight excluding hydrogens is 469 g/mol. The maximum absolute atomic E-state index is 14.3. The summed E-state index contributed by atoms with van der Waals surface area (Å²) in [7, 11) is -3.57. The van der Waals surface area contributed by atoms with Gasteiger partial charge in [-0.15, -0.1) is 0 Å². The van der Waals surface area contributed by atoms with Crippen LogP contribution in [-0.4, -0.2) is 50.5 Å². The van der Waals surface area contributed by atoms with Gasteiger partial charge in [0.25, 0.3) is 0 Å². The number of rotatable bonds is 12. The van der Waals surface area contributed by atoms with E-state index >= 15 is 0 Å². The van der Waals surface area contributed by atoms with Crippen LogP contribution in [0.25, 0.3) is 0 Å². The summed E-state index contributed by atoms with van der Waals surface area (Å²) >= 11 is 0. The fourth-order valence-electron chi connectivity index (χ4n) is 3.78. The van der Waals surface area contributed by atoms with Crippen molar-refractivity contribution < 1.29 is 22.4 Å². The molecule has 2 aromatic carbocycles. The summed E-state index contributed by atoms with van der Waals surface area (Å²) in [5, 5.41) is 2.78. The first-order chi connectivity index (χ1) is 16.5. The largest absolute Gasteiger partial charge is 0.354 e. The highest BCUT2D eigenvalue weighted by Crippen LogP contribution is 2.25. The molecule has 0 saturated heterocycles. The van der Waals surface area contributed by atoms with E-state index in [0.717, 1.165) is 23.8 Å². The molecule has 2 amide bonds. The zero-order valence-electron chi connectivity index (χ0n) is 21.2. The highest BCUT2D eigenvalue weighted by molar-refractivity contribution is 7.92. The molecule has 0 saturated carbocycles. The number of carbonyl (C=O) groups is 2. The number of carbonyl (C=O) groups excluding carboxylic acids is 2. The number of benzene rings is 2. The van der Waals surface area contributed by atoms with Crippen LogP contribution >= 0.6 is 0 Å². The van der Waals surface area contributed by atoms with Crippen LogP contribution in [0.2, 0.25) is 0 Å². The lowest BCUT2D eigenvalue weighted by molar-refractivity contribution is -0.140. The monoisotopic (exact) mass is 505 g/mol. The summed E-state index contributed by atoms with van der Waals surface area (Å²) in [5.41, 5.74) is 2.71. The van der Waals surface area contributed by atoms with Crippen molar-refractivity contribution in [1.29, 1.82) is 0 Å². The molecule has 0 aromatic heterocycles. The van der Waals surface area contributed by atoms with E-state index in [0.29, 0.717) is 17.8 Å². The fraction of sp³-hybridized carbons (Fsp3) is 0.462. The van der Waals surface area contributed by atoms with Gasteiger partial charge >= 0.3 is 0 Å². The number of amides is 2. The van der Waals surface area contributed by atoms with Gasteiger partial charge in [-0.05, 0) is 56.9 Å². The predicted molar refractivity (Wildman–Crippen MR) is 137 cm³/mol. The first kappa shape index (κ1) is 28.3. The number of hydrogen-bond donors (Lipinski definition) is 1. The average Bonchev–Trinajstić information content (AvgIpc) is 2.80. The van der Waals surface area contributed by atoms with Gasteiger partial charge in [0.15, 0.2) is 0 Å². The van der Waals surface area contributed by atoms with Gasteiger partial charge in [0, 0.05) is 31.6 Å². The Morgan fingerprint density at radius 3 is 2.40 bits per heavy atom. The second-order valence-electron chi connectivity index (χ2n) is 8.74. The zero-order valence-corrected chi connectivity index (χ0v) is 22.0. The van der Waals surface area contributed by atoms with Crippen molar-refractivity contribution >= 4 is 27.5 Å². The third kappa shape index (κ3) is 7.78. The van der Waals surface area contributed by atoms with Crippen LogP contribution in [-0.2, 0) is 26.2 Å². The van der Waals surface area contributed by atoms with E-state index in [2.05, 4.69) is 5.32 Å². The van der Waals surface area contributed by atoms with Gasteiger partial charge in [0.05, 0.1) is 11.9 Å². The predicted octanol–water partition coefficient (Wildman–Crippen LogP) is 3.93. The normalized spacial score (nSPS) is 12.2. The van der Waals surface area contributed by atoms with Crippen LogP contribution < -0.4 is 9.62 Å². The Balaban J connectivity index is 2.20. The summed E-state index contributed by atoms with van der Waals surface area (Å²) in [4.78, 5) is 27.2. The minimum absolute atomic E-state index is 0.0106. The van der Waals surface area contributed by atoms with Crippen molar-refractivity contribution in [3.63, 3.8) is 0 Å². The molecule has 0 aliphatic heterocycles. The first-order valence-electron chi connectivity index (χ1n) is 11.8. The molecule has 1 unspecified atom stereocenters. The van der Waals surface area contributed by atoms with Gasteiger partial charge in [-0.3, -0.25) is 13.9 Å².